The van der Waals surface area contributed by atoms with Gasteiger partial charge in [0.25, 0.3) is 0 Å². The lowest BCUT2D eigenvalue weighted by molar-refractivity contribution is -0.130. The van der Waals surface area contributed by atoms with Gasteiger partial charge in [-0.25, -0.2) is 0 Å². The molecule has 2 fully saturated rings. The SMILES string of the molecule is COc1ccc2c3c(n(C)c2c1)[C@H](CO)N(CC1CCCCC1)CC31CCN(C(C)=O)CC1. The van der Waals surface area contributed by atoms with Gasteiger partial charge in [-0.2, -0.15) is 0 Å². The summed E-state index contributed by atoms with van der Waals surface area (Å²) in [7, 11) is 3.86. The van der Waals surface area contributed by atoms with E-state index in [4.69, 9.17) is 4.74 Å². The molecule has 1 aromatic heterocycles. The number of nitrogens with zero attached hydrogens (tertiary/aromatic N) is 3. The zero-order chi connectivity index (χ0) is 23.2. The van der Waals surface area contributed by atoms with E-state index < -0.39 is 0 Å². The second-order valence-corrected chi connectivity index (χ2v) is 10.6. The predicted molar refractivity (Wildman–Crippen MR) is 131 cm³/mol. The summed E-state index contributed by atoms with van der Waals surface area (Å²) in [6, 6.07) is 6.41. The molecule has 5 rings (SSSR count). The third kappa shape index (κ3) is 3.85. The van der Waals surface area contributed by atoms with Crippen molar-refractivity contribution in [1.82, 2.24) is 14.4 Å². The minimum absolute atomic E-state index is 0.00964. The van der Waals surface area contributed by atoms with E-state index in [1.807, 2.05) is 4.90 Å². The Morgan fingerprint density at radius 3 is 2.55 bits per heavy atom. The van der Waals surface area contributed by atoms with Gasteiger partial charge in [0.05, 0.1) is 25.3 Å². The number of methoxy groups -OCH3 is 1. The van der Waals surface area contributed by atoms with Crippen LogP contribution in [0.5, 0.6) is 5.75 Å². The first kappa shape index (κ1) is 22.7. The molecule has 0 radical (unpaired) electrons. The summed E-state index contributed by atoms with van der Waals surface area (Å²) in [4.78, 5) is 16.7. The fourth-order valence-electron chi connectivity index (χ4n) is 7.01. The molecule has 1 aromatic carbocycles. The summed E-state index contributed by atoms with van der Waals surface area (Å²) in [6.45, 7) is 5.47. The highest BCUT2D eigenvalue weighted by Gasteiger charge is 2.48. The Bertz CT molecular complexity index is 1020. The van der Waals surface area contributed by atoms with Gasteiger partial charge in [0.2, 0.25) is 5.91 Å². The fourth-order valence-corrected chi connectivity index (χ4v) is 7.01. The Labute approximate surface area is 197 Å². The molecule has 2 aromatic rings. The molecule has 3 heterocycles. The van der Waals surface area contributed by atoms with E-state index in [1.54, 1.807) is 14.0 Å². The summed E-state index contributed by atoms with van der Waals surface area (Å²) in [5.74, 6) is 1.76. The average molecular weight is 454 g/mol. The maximum atomic E-state index is 12.1. The smallest absolute Gasteiger partial charge is 0.219 e. The number of amides is 1. The van der Waals surface area contributed by atoms with Crippen LogP contribution in [0.3, 0.4) is 0 Å². The van der Waals surface area contributed by atoms with E-state index in [-0.39, 0.29) is 24.0 Å². The molecule has 1 atom stereocenters. The van der Waals surface area contributed by atoms with Crippen LogP contribution in [0.25, 0.3) is 10.9 Å². The summed E-state index contributed by atoms with van der Waals surface area (Å²) in [6.07, 6.45) is 8.59. The van der Waals surface area contributed by atoms with Crippen molar-refractivity contribution in [3.05, 3.63) is 29.5 Å². The number of aliphatic hydroxyl groups is 1. The van der Waals surface area contributed by atoms with Gasteiger partial charge in [-0.1, -0.05) is 19.3 Å². The van der Waals surface area contributed by atoms with E-state index >= 15 is 0 Å². The summed E-state index contributed by atoms with van der Waals surface area (Å²) < 4.78 is 7.85. The number of fused-ring (bicyclic) bond motifs is 4. The molecule has 6 heteroatoms. The van der Waals surface area contributed by atoms with Gasteiger partial charge in [-0.15, -0.1) is 0 Å². The second-order valence-electron chi connectivity index (χ2n) is 10.6. The topological polar surface area (TPSA) is 57.9 Å². The molecule has 6 nitrogen and oxygen atoms in total. The lowest BCUT2D eigenvalue weighted by Gasteiger charge is -2.51. The molecule has 33 heavy (non-hydrogen) atoms. The Balaban J connectivity index is 1.61. The van der Waals surface area contributed by atoms with Crippen molar-refractivity contribution < 1.29 is 14.6 Å². The van der Waals surface area contributed by atoms with Gasteiger partial charge in [0.15, 0.2) is 0 Å². The lowest BCUT2D eigenvalue weighted by Crippen LogP contribution is -2.55. The highest BCUT2D eigenvalue weighted by molar-refractivity contribution is 5.88. The van der Waals surface area contributed by atoms with Crippen molar-refractivity contribution in [2.45, 2.75) is 63.3 Å². The molecule has 1 N–H and O–H groups in total. The van der Waals surface area contributed by atoms with E-state index in [1.165, 1.54) is 54.3 Å². The Kier molecular flexibility index (Phi) is 6.17. The maximum absolute atomic E-state index is 12.1. The number of ether oxygens (including phenoxy) is 1. The van der Waals surface area contributed by atoms with Crippen LogP contribution in [-0.4, -0.2) is 65.3 Å². The predicted octanol–water partition coefficient (Wildman–Crippen LogP) is 4.00. The van der Waals surface area contributed by atoms with Gasteiger partial charge in [-0.3, -0.25) is 9.69 Å². The number of hydrogen-bond acceptors (Lipinski definition) is 4. The molecule has 180 valence electrons. The van der Waals surface area contributed by atoms with Crippen LogP contribution >= 0.6 is 0 Å². The van der Waals surface area contributed by atoms with Crippen LogP contribution in [0.4, 0.5) is 0 Å². The number of aryl methyl sites for hydroxylation is 1. The third-order valence-corrected chi connectivity index (χ3v) is 8.80. The number of likely N-dealkylation sites (tertiary alicyclic amines) is 1. The van der Waals surface area contributed by atoms with Crippen LogP contribution in [0, 0.1) is 5.92 Å². The van der Waals surface area contributed by atoms with Crippen LogP contribution in [0.2, 0.25) is 0 Å². The fraction of sp³-hybridized carbons (Fsp3) is 0.667. The number of aromatic nitrogens is 1. The molecule has 0 bridgehead atoms. The molecular formula is C27H39N3O3. The van der Waals surface area contributed by atoms with E-state index in [0.717, 1.165) is 50.7 Å². The second kappa shape index (κ2) is 8.95. The zero-order valence-electron chi connectivity index (χ0n) is 20.5. The first-order valence-corrected chi connectivity index (χ1v) is 12.7. The number of benzene rings is 1. The number of piperidine rings is 1. The number of hydrogen-bond donors (Lipinski definition) is 1. The molecule has 1 spiro atoms. The molecule has 1 aliphatic carbocycles. The molecule has 3 aliphatic rings. The van der Waals surface area contributed by atoms with E-state index in [9.17, 15) is 9.90 Å². The molecule has 1 amide bonds. The summed E-state index contributed by atoms with van der Waals surface area (Å²) >= 11 is 0. The first-order valence-electron chi connectivity index (χ1n) is 12.7. The van der Waals surface area contributed by atoms with Gasteiger partial charge in [0, 0.05) is 62.7 Å². The summed E-state index contributed by atoms with van der Waals surface area (Å²) in [5.41, 5.74) is 3.85. The normalized spacial score (nSPS) is 23.8. The van der Waals surface area contributed by atoms with Crippen LogP contribution in [-0.2, 0) is 17.3 Å². The van der Waals surface area contributed by atoms with Gasteiger partial charge in [-0.05, 0) is 49.3 Å². The zero-order valence-corrected chi connectivity index (χ0v) is 20.5. The van der Waals surface area contributed by atoms with Crippen molar-refractivity contribution in [3.63, 3.8) is 0 Å². The molecule has 2 aliphatic heterocycles. The Morgan fingerprint density at radius 2 is 1.91 bits per heavy atom. The first-order chi connectivity index (χ1) is 16.0. The molecular weight excluding hydrogens is 414 g/mol. The summed E-state index contributed by atoms with van der Waals surface area (Å²) in [5, 5.41) is 11.9. The number of aliphatic hydroxyl groups excluding tert-OH is 1. The highest BCUT2D eigenvalue weighted by atomic mass is 16.5. The Morgan fingerprint density at radius 1 is 1.18 bits per heavy atom. The number of carbonyl (C=O) groups excluding carboxylic acids is 1. The van der Waals surface area contributed by atoms with Crippen molar-refractivity contribution in [2.24, 2.45) is 13.0 Å². The van der Waals surface area contributed by atoms with Crippen molar-refractivity contribution in [2.75, 3.05) is 39.9 Å². The monoisotopic (exact) mass is 453 g/mol. The quantitative estimate of drug-likeness (QED) is 0.760. The van der Waals surface area contributed by atoms with Crippen LogP contribution in [0.1, 0.15) is 69.2 Å². The largest absolute Gasteiger partial charge is 0.497 e. The van der Waals surface area contributed by atoms with Gasteiger partial charge >= 0.3 is 0 Å². The van der Waals surface area contributed by atoms with Crippen LogP contribution in [0.15, 0.2) is 18.2 Å². The van der Waals surface area contributed by atoms with Crippen molar-refractivity contribution in [3.8, 4) is 5.75 Å². The van der Waals surface area contributed by atoms with Gasteiger partial charge < -0.3 is 19.3 Å². The van der Waals surface area contributed by atoms with Crippen molar-refractivity contribution >= 4 is 16.8 Å². The van der Waals surface area contributed by atoms with E-state index in [0.29, 0.717) is 0 Å². The maximum Gasteiger partial charge on any atom is 0.219 e. The minimum atomic E-state index is 0.00964. The van der Waals surface area contributed by atoms with E-state index in [2.05, 4.69) is 34.7 Å². The van der Waals surface area contributed by atoms with Crippen LogP contribution < -0.4 is 4.74 Å². The molecule has 1 saturated carbocycles. The standard InChI is InChI=1S/C27H39N3O3/c1-19(32)29-13-11-27(12-14-29)18-30(16-20-7-5-4-6-8-20)24(17-31)26-25(27)22-10-9-21(33-3)15-23(22)28(26)2/h9-10,15,20,24,31H,4-8,11-14,16-18H2,1-3H3/t24-/m0/s1. The third-order valence-electron chi connectivity index (χ3n) is 8.80. The average Bonchev–Trinajstić information content (AvgIpc) is 3.13. The van der Waals surface area contributed by atoms with Crippen molar-refractivity contribution in [1.29, 1.82) is 0 Å². The highest BCUT2D eigenvalue weighted by Crippen LogP contribution is 2.50. The minimum Gasteiger partial charge on any atom is -0.497 e. The Hall–Kier alpha value is -2.05. The lowest BCUT2D eigenvalue weighted by atomic mass is 9.68. The number of carbonyl (C=O) groups is 1. The number of rotatable bonds is 4. The molecule has 1 saturated heterocycles. The molecule has 0 unspecified atom stereocenters. The van der Waals surface area contributed by atoms with Gasteiger partial charge in [0.1, 0.15) is 5.75 Å².